The van der Waals surface area contributed by atoms with Crippen LogP contribution in [0.3, 0.4) is 0 Å². The van der Waals surface area contributed by atoms with E-state index in [0.29, 0.717) is 19.5 Å². The summed E-state index contributed by atoms with van der Waals surface area (Å²) < 4.78 is 0. The van der Waals surface area contributed by atoms with Crippen molar-refractivity contribution in [1.82, 2.24) is 15.5 Å². The van der Waals surface area contributed by atoms with E-state index in [4.69, 9.17) is 0 Å². The fourth-order valence-corrected chi connectivity index (χ4v) is 4.33. The van der Waals surface area contributed by atoms with Crippen LogP contribution in [0.4, 0.5) is 0 Å². The monoisotopic (exact) mass is 568 g/mol. The van der Waals surface area contributed by atoms with Crippen LogP contribution in [-0.4, -0.2) is 36.9 Å². The number of carbonyl (C=O) groups is 1. The minimum Gasteiger partial charge on any atom is -0.355 e. The van der Waals surface area contributed by atoms with Crippen LogP contribution in [0.15, 0.2) is 89.9 Å². The summed E-state index contributed by atoms with van der Waals surface area (Å²) >= 11 is 0. The quantitative estimate of drug-likeness (QED) is 0.231. The van der Waals surface area contributed by atoms with Crippen molar-refractivity contribution in [2.75, 3.05) is 20.1 Å². The minimum atomic E-state index is 0. The number of carbonyl (C=O) groups excluding carboxylic acids is 1. The Morgan fingerprint density at radius 2 is 1.56 bits per heavy atom. The lowest BCUT2D eigenvalue weighted by molar-refractivity contribution is -0.128. The summed E-state index contributed by atoms with van der Waals surface area (Å²) in [6, 6.07) is 29.5. The van der Waals surface area contributed by atoms with Crippen LogP contribution in [0, 0.1) is 0 Å². The van der Waals surface area contributed by atoms with Crippen molar-refractivity contribution in [3.8, 4) is 0 Å². The number of hydrogen-bond donors (Lipinski definition) is 2. The van der Waals surface area contributed by atoms with Crippen LogP contribution in [0.2, 0.25) is 0 Å². The average Bonchev–Trinajstić information content (AvgIpc) is 3.27. The zero-order chi connectivity index (χ0) is 22.9. The molecule has 5 nitrogen and oxygen atoms in total. The number of likely N-dealkylation sites (tertiary alicyclic amines) is 1. The van der Waals surface area contributed by atoms with Gasteiger partial charge in [0.1, 0.15) is 0 Å². The summed E-state index contributed by atoms with van der Waals surface area (Å²) in [5.74, 6) is 1.26. The van der Waals surface area contributed by atoms with Crippen molar-refractivity contribution in [2.45, 2.75) is 31.8 Å². The molecular weight excluding hydrogens is 535 g/mol. The summed E-state index contributed by atoms with van der Waals surface area (Å²) in [5, 5.41) is 6.93. The van der Waals surface area contributed by atoms with Gasteiger partial charge in [-0.1, -0.05) is 84.9 Å². The SMILES string of the molecule is CN=C(NCc1cccc(CN2CCCC2=O)c1)NCC(c1ccccc1)c1ccccc1.I. The molecule has 0 unspecified atom stereocenters. The van der Waals surface area contributed by atoms with Crippen LogP contribution in [0.25, 0.3) is 0 Å². The molecule has 1 heterocycles. The fraction of sp³-hybridized carbons (Fsp3) is 0.286. The van der Waals surface area contributed by atoms with E-state index in [-0.39, 0.29) is 35.8 Å². The number of benzene rings is 3. The third-order valence-electron chi connectivity index (χ3n) is 6.10. The molecule has 0 saturated carbocycles. The van der Waals surface area contributed by atoms with Gasteiger partial charge in [0, 0.05) is 45.6 Å². The molecule has 2 N–H and O–H groups in total. The highest BCUT2D eigenvalue weighted by Crippen LogP contribution is 2.23. The molecule has 0 aromatic heterocycles. The Balaban J connectivity index is 0.00000324. The van der Waals surface area contributed by atoms with Crippen LogP contribution in [0.5, 0.6) is 0 Å². The average molecular weight is 569 g/mol. The van der Waals surface area contributed by atoms with Crippen molar-refractivity contribution < 1.29 is 4.79 Å². The maximum Gasteiger partial charge on any atom is 0.222 e. The van der Waals surface area contributed by atoms with E-state index >= 15 is 0 Å². The molecule has 0 radical (unpaired) electrons. The molecule has 4 rings (SSSR count). The lowest BCUT2D eigenvalue weighted by Crippen LogP contribution is -2.39. The highest BCUT2D eigenvalue weighted by atomic mass is 127. The van der Waals surface area contributed by atoms with Crippen molar-refractivity contribution in [3.05, 3.63) is 107 Å². The second-order valence-electron chi connectivity index (χ2n) is 8.42. The van der Waals surface area contributed by atoms with E-state index in [1.165, 1.54) is 22.3 Å². The number of aliphatic imine (C=N–C) groups is 1. The molecular formula is C28H33IN4O. The third kappa shape index (κ3) is 7.06. The normalized spacial score (nSPS) is 13.6. The number of nitrogens with one attached hydrogen (secondary N) is 2. The topological polar surface area (TPSA) is 56.7 Å². The highest BCUT2D eigenvalue weighted by molar-refractivity contribution is 14.0. The van der Waals surface area contributed by atoms with Crippen LogP contribution in [0.1, 0.15) is 41.0 Å². The minimum absolute atomic E-state index is 0. The number of guanidine groups is 1. The van der Waals surface area contributed by atoms with E-state index in [2.05, 4.69) is 88.4 Å². The maximum atomic E-state index is 11.9. The summed E-state index contributed by atoms with van der Waals surface area (Å²) in [6.07, 6.45) is 1.64. The number of nitrogens with zero attached hydrogens (tertiary/aromatic N) is 2. The molecule has 178 valence electrons. The first-order valence-electron chi connectivity index (χ1n) is 11.6. The molecule has 0 aliphatic carbocycles. The number of hydrogen-bond acceptors (Lipinski definition) is 2. The van der Waals surface area contributed by atoms with Gasteiger partial charge in [0.25, 0.3) is 0 Å². The zero-order valence-corrected chi connectivity index (χ0v) is 21.9. The Hall–Kier alpha value is -2.87. The van der Waals surface area contributed by atoms with Gasteiger partial charge >= 0.3 is 0 Å². The molecule has 34 heavy (non-hydrogen) atoms. The van der Waals surface area contributed by atoms with Gasteiger partial charge in [0.05, 0.1) is 0 Å². The first-order chi connectivity index (χ1) is 16.2. The molecule has 1 aliphatic heterocycles. The van der Waals surface area contributed by atoms with Crippen molar-refractivity contribution in [1.29, 1.82) is 0 Å². The van der Waals surface area contributed by atoms with Crippen molar-refractivity contribution in [3.63, 3.8) is 0 Å². The summed E-state index contributed by atoms with van der Waals surface area (Å²) in [6.45, 7) is 2.96. The predicted molar refractivity (Wildman–Crippen MR) is 149 cm³/mol. The lowest BCUT2D eigenvalue weighted by Gasteiger charge is -2.21. The van der Waals surface area contributed by atoms with Crippen LogP contribution >= 0.6 is 24.0 Å². The second kappa shape index (κ2) is 13.1. The lowest BCUT2D eigenvalue weighted by atomic mass is 9.91. The van der Waals surface area contributed by atoms with Gasteiger partial charge in [0.15, 0.2) is 5.96 Å². The van der Waals surface area contributed by atoms with E-state index < -0.39 is 0 Å². The van der Waals surface area contributed by atoms with Gasteiger partial charge in [-0.15, -0.1) is 24.0 Å². The Morgan fingerprint density at radius 1 is 0.912 bits per heavy atom. The van der Waals surface area contributed by atoms with E-state index in [0.717, 1.165) is 25.5 Å². The van der Waals surface area contributed by atoms with E-state index in [1.54, 1.807) is 7.05 Å². The van der Waals surface area contributed by atoms with Gasteiger partial charge < -0.3 is 15.5 Å². The van der Waals surface area contributed by atoms with Gasteiger partial charge in [-0.3, -0.25) is 9.79 Å². The fourth-order valence-electron chi connectivity index (χ4n) is 4.33. The van der Waals surface area contributed by atoms with Crippen LogP contribution in [-0.2, 0) is 17.9 Å². The van der Waals surface area contributed by atoms with Crippen molar-refractivity contribution >= 4 is 35.8 Å². The molecule has 1 aliphatic rings. The Labute approximate surface area is 219 Å². The van der Waals surface area contributed by atoms with E-state index in [9.17, 15) is 4.79 Å². The molecule has 6 heteroatoms. The smallest absolute Gasteiger partial charge is 0.222 e. The number of amides is 1. The van der Waals surface area contributed by atoms with Crippen molar-refractivity contribution in [2.24, 2.45) is 4.99 Å². The first kappa shape index (κ1) is 25.7. The summed E-state index contributed by atoms with van der Waals surface area (Å²) in [4.78, 5) is 18.3. The maximum absolute atomic E-state index is 11.9. The molecule has 0 spiro atoms. The van der Waals surface area contributed by atoms with Gasteiger partial charge in [-0.25, -0.2) is 0 Å². The van der Waals surface area contributed by atoms with Gasteiger partial charge in [-0.05, 0) is 28.7 Å². The standard InChI is InChI=1S/C28H32N4O.HI/c1-29-28(30-19-22-10-8-11-23(18-22)21-32-17-9-16-27(32)33)31-20-26(24-12-4-2-5-13-24)25-14-6-3-7-15-25;/h2-8,10-15,18,26H,9,16-17,19-21H2,1H3,(H2,29,30,31);1H. The van der Waals surface area contributed by atoms with Gasteiger partial charge in [-0.2, -0.15) is 0 Å². The largest absolute Gasteiger partial charge is 0.355 e. The Morgan fingerprint density at radius 3 is 2.15 bits per heavy atom. The van der Waals surface area contributed by atoms with Gasteiger partial charge in [0.2, 0.25) is 5.91 Å². The second-order valence-corrected chi connectivity index (χ2v) is 8.42. The molecule has 3 aromatic rings. The molecule has 3 aromatic carbocycles. The molecule has 0 atom stereocenters. The van der Waals surface area contributed by atoms with E-state index in [1.807, 2.05) is 17.0 Å². The number of halogens is 1. The highest BCUT2D eigenvalue weighted by Gasteiger charge is 2.20. The summed E-state index contributed by atoms with van der Waals surface area (Å²) in [5.41, 5.74) is 4.89. The summed E-state index contributed by atoms with van der Waals surface area (Å²) in [7, 11) is 1.80. The molecule has 1 fully saturated rings. The third-order valence-corrected chi connectivity index (χ3v) is 6.10. The molecule has 1 saturated heterocycles. The zero-order valence-electron chi connectivity index (χ0n) is 19.6. The first-order valence-corrected chi connectivity index (χ1v) is 11.6. The number of rotatable bonds is 8. The Kier molecular flexibility index (Phi) is 9.94. The molecule has 0 bridgehead atoms. The Bertz CT molecular complexity index is 1030. The van der Waals surface area contributed by atoms with Crippen LogP contribution < -0.4 is 10.6 Å². The predicted octanol–water partition coefficient (Wildman–Crippen LogP) is 4.92. The molecule has 1 amide bonds.